The van der Waals surface area contributed by atoms with E-state index in [1.807, 2.05) is 30.3 Å². The molecule has 110 valence electrons. The molecule has 0 aliphatic rings. The fraction of sp³-hybridized carbons (Fsp3) is 0.235. The minimum atomic E-state index is 0.647. The van der Waals surface area contributed by atoms with Crippen LogP contribution in [0.3, 0.4) is 0 Å². The van der Waals surface area contributed by atoms with Crippen LogP contribution >= 0.6 is 12.2 Å². The number of ether oxygens (including phenoxy) is 2. The Kier molecular flexibility index (Phi) is 5.17. The highest BCUT2D eigenvalue weighted by molar-refractivity contribution is 7.80. The Bertz CT molecular complexity index is 640. The first kappa shape index (κ1) is 15.3. The van der Waals surface area contributed by atoms with Crippen LogP contribution in [0.4, 0.5) is 0 Å². The molecule has 2 rings (SSSR count). The molecular weight excluding hydrogens is 282 g/mol. The van der Waals surface area contributed by atoms with Gasteiger partial charge in [0.05, 0.1) is 19.8 Å². The first-order valence-electron chi connectivity index (χ1n) is 6.70. The zero-order chi connectivity index (χ0) is 15.2. The number of hydrogen-bond donors (Lipinski definition) is 1. The Balaban J connectivity index is 2.15. The van der Waals surface area contributed by atoms with E-state index in [9.17, 15) is 0 Å². The van der Waals surface area contributed by atoms with E-state index >= 15 is 0 Å². The molecule has 4 heteroatoms. The average molecular weight is 301 g/mol. The van der Waals surface area contributed by atoms with Gasteiger partial charge in [-0.25, -0.2) is 0 Å². The van der Waals surface area contributed by atoms with E-state index in [1.54, 1.807) is 14.2 Å². The Labute approximate surface area is 130 Å². The molecule has 0 aliphatic carbocycles. The van der Waals surface area contributed by atoms with E-state index in [4.69, 9.17) is 21.7 Å². The monoisotopic (exact) mass is 301 g/mol. The molecule has 3 nitrogen and oxygen atoms in total. The van der Waals surface area contributed by atoms with Crippen LogP contribution in [0.1, 0.15) is 16.7 Å². The molecule has 0 aromatic heterocycles. The number of nitrogens with one attached hydrogen (secondary N) is 1. The second-order valence-electron chi connectivity index (χ2n) is 4.68. The summed E-state index contributed by atoms with van der Waals surface area (Å²) in [5.74, 6) is 1.49. The van der Waals surface area contributed by atoms with E-state index in [-0.39, 0.29) is 0 Å². The standard InChI is InChI=1S/C17H19NO2S/c1-12-6-4-5-7-13(12)11-18-17(21)15-10-14(19-2)8-9-16(15)20-3/h4-10H,11H2,1-3H3,(H,18,21). The van der Waals surface area contributed by atoms with Gasteiger partial charge in [-0.05, 0) is 36.2 Å². The van der Waals surface area contributed by atoms with Gasteiger partial charge < -0.3 is 14.8 Å². The van der Waals surface area contributed by atoms with Gasteiger partial charge in [-0.2, -0.15) is 0 Å². The van der Waals surface area contributed by atoms with Gasteiger partial charge in [0.1, 0.15) is 16.5 Å². The summed E-state index contributed by atoms with van der Waals surface area (Å²) in [5.41, 5.74) is 3.30. The number of benzene rings is 2. The van der Waals surface area contributed by atoms with Crippen molar-refractivity contribution in [3.63, 3.8) is 0 Å². The van der Waals surface area contributed by atoms with Crippen molar-refractivity contribution in [1.29, 1.82) is 0 Å². The smallest absolute Gasteiger partial charge is 0.129 e. The zero-order valence-electron chi connectivity index (χ0n) is 12.5. The predicted octanol–water partition coefficient (Wildman–Crippen LogP) is 3.48. The van der Waals surface area contributed by atoms with Crippen molar-refractivity contribution in [3.05, 3.63) is 59.2 Å². The van der Waals surface area contributed by atoms with E-state index < -0.39 is 0 Å². The van der Waals surface area contributed by atoms with E-state index in [0.29, 0.717) is 11.5 Å². The fourth-order valence-corrected chi connectivity index (χ4v) is 2.30. The molecular formula is C17H19NO2S. The quantitative estimate of drug-likeness (QED) is 0.857. The lowest BCUT2D eigenvalue weighted by molar-refractivity contribution is 0.402. The first-order chi connectivity index (χ1) is 10.2. The summed E-state index contributed by atoms with van der Waals surface area (Å²) < 4.78 is 10.6. The second-order valence-corrected chi connectivity index (χ2v) is 5.08. The molecule has 0 amide bonds. The van der Waals surface area contributed by atoms with Crippen LogP contribution in [0.25, 0.3) is 0 Å². The molecule has 0 aliphatic heterocycles. The van der Waals surface area contributed by atoms with Gasteiger partial charge in [0.25, 0.3) is 0 Å². The topological polar surface area (TPSA) is 30.5 Å². The van der Waals surface area contributed by atoms with E-state index in [0.717, 1.165) is 17.1 Å². The Morgan fingerprint density at radius 3 is 2.52 bits per heavy atom. The fourth-order valence-electron chi connectivity index (χ4n) is 2.07. The molecule has 2 aromatic carbocycles. The van der Waals surface area contributed by atoms with Crippen LogP contribution in [0, 0.1) is 6.92 Å². The molecule has 0 bridgehead atoms. The number of rotatable bonds is 5. The first-order valence-corrected chi connectivity index (χ1v) is 7.11. The maximum Gasteiger partial charge on any atom is 0.129 e. The van der Waals surface area contributed by atoms with Gasteiger partial charge in [-0.15, -0.1) is 0 Å². The largest absolute Gasteiger partial charge is 0.497 e. The minimum absolute atomic E-state index is 0.647. The van der Waals surface area contributed by atoms with Crippen molar-refractivity contribution in [2.75, 3.05) is 14.2 Å². The van der Waals surface area contributed by atoms with Crippen LogP contribution in [0.2, 0.25) is 0 Å². The van der Waals surface area contributed by atoms with Gasteiger partial charge >= 0.3 is 0 Å². The SMILES string of the molecule is COc1ccc(OC)c(C(=S)NCc2ccccc2C)c1. The maximum absolute atomic E-state index is 5.48. The number of aryl methyl sites for hydroxylation is 1. The lowest BCUT2D eigenvalue weighted by atomic mass is 10.1. The molecule has 0 saturated carbocycles. The summed E-state index contributed by atoms with van der Waals surface area (Å²) in [6, 6.07) is 13.8. The zero-order valence-corrected chi connectivity index (χ0v) is 13.3. The molecule has 1 N–H and O–H groups in total. The third kappa shape index (κ3) is 3.73. The molecule has 0 unspecified atom stereocenters. The molecule has 0 fully saturated rings. The van der Waals surface area contributed by atoms with Gasteiger partial charge in [0.2, 0.25) is 0 Å². The van der Waals surface area contributed by atoms with Crippen molar-refractivity contribution in [3.8, 4) is 11.5 Å². The van der Waals surface area contributed by atoms with Crippen LogP contribution in [-0.4, -0.2) is 19.2 Å². The van der Waals surface area contributed by atoms with Crippen molar-refractivity contribution >= 4 is 17.2 Å². The summed E-state index contributed by atoms with van der Waals surface area (Å²) in [5, 5.41) is 3.28. The van der Waals surface area contributed by atoms with Crippen LogP contribution in [0.5, 0.6) is 11.5 Å². The molecule has 0 heterocycles. The van der Waals surface area contributed by atoms with E-state index in [1.165, 1.54) is 11.1 Å². The highest BCUT2D eigenvalue weighted by Gasteiger charge is 2.10. The second kappa shape index (κ2) is 7.09. The van der Waals surface area contributed by atoms with Gasteiger partial charge in [-0.1, -0.05) is 36.5 Å². The maximum atomic E-state index is 5.48. The molecule has 2 aromatic rings. The van der Waals surface area contributed by atoms with Crippen LogP contribution in [-0.2, 0) is 6.54 Å². The normalized spacial score (nSPS) is 10.0. The van der Waals surface area contributed by atoms with Crippen LogP contribution < -0.4 is 14.8 Å². The molecule has 0 spiro atoms. The van der Waals surface area contributed by atoms with Crippen molar-refractivity contribution in [1.82, 2.24) is 5.32 Å². The number of hydrogen-bond acceptors (Lipinski definition) is 3. The molecule has 0 saturated heterocycles. The highest BCUT2D eigenvalue weighted by atomic mass is 32.1. The summed E-state index contributed by atoms with van der Waals surface area (Å²) in [7, 11) is 3.27. The highest BCUT2D eigenvalue weighted by Crippen LogP contribution is 2.24. The third-order valence-corrected chi connectivity index (χ3v) is 3.72. The summed E-state index contributed by atoms with van der Waals surface area (Å²) in [6.07, 6.45) is 0. The number of methoxy groups -OCH3 is 2. The van der Waals surface area contributed by atoms with Crippen molar-refractivity contribution < 1.29 is 9.47 Å². The molecule has 21 heavy (non-hydrogen) atoms. The lowest BCUT2D eigenvalue weighted by Gasteiger charge is -2.14. The molecule has 0 atom stereocenters. The lowest BCUT2D eigenvalue weighted by Crippen LogP contribution is -2.22. The van der Waals surface area contributed by atoms with Gasteiger partial charge in [-0.3, -0.25) is 0 Å². The van der Waals surface area contributed by atoms with Gasteiger partial charge in [0, 0.05) is 6.54 Å². The predicted molar refractivity (Wildman–Crippen MR) is 89.3 cm³/mol. The van der Waals surface area contributed by atoms with Gasteiger partial charge in [0.15, 0.2) is 0 Å². The summed E-state index contributed by atoms with van der Waals surface area (Å²) in [6.45, 7) is 2.78. The summed E-state index contributed by atoms with van der Waals surface area (Å²) >= 11 is 5.48. The van der Waals surface area contributed by atoms with Crippen molar-refractivity contribution in [2.45, 2.75) is 13.5 Å². The Hall–Kier alpha value is -2.07. The third-order valence-electron chi connectivity index (χ3n) is 3.35. The average Bonchev–Trinajstić information content (AvgIpc) is 2.53. The minimum Gasteiger partial charge on any atom is -0.497 e. The Morgan fingerprint density at radius 1 is 1.10 bits per heavy atom. The summed E-state index contributed by atoms with van der Waals surface area (Å²) in [4.78, 5) is 0.647. The van der Waals surface area contributed by atoms with Crippen LogP contribution in [0.15, 0.2) is 42.5 Å². The van der Waals surface area contributed by atoms with Crippen molar-refractivity contribution in [2.24, 2.45) is 0 Å². The Morgan fingerprint density at radius 2 is 1.86 bits per heavy atom. The molecule has 0 radical (unpaired) electrons. The number of thiocarbonyl (C=S) groups is 1. The van der Waals surface area contributed by atoms with E-state index in [2.05, 4.69) is 24.4 Å².